The van der Waals surface area contributed by atoms with Gasteiger partial charge in [-0.1, -0.05) is 12.1 Å². The highest BCUT2D eigenvalue weighted by Gasteiger charge is 2.27. The first kappa shape index (κ1) is 20.5. The molecule has 0 saturated carbocycles. The number of nitrogens with zero attached hydrogens (tertiary/aromatic N) is 4. The summed E-state index contributed by atoms with van der Waals surface area (Å²) in [5.41, 5.74) is 3.20. The molecule has 0 bridgehead atoms. The minimum absolute atomic E-state index is 0.140. The van der Waals surface area contributed by atoms with Gasteiger partial charge >= 0.3 is 0 Å². The molecule has 1 aliphatic heterocycles. The van der Waals surface area contributed by atoms with Crippen molar-refractivity contribution in [1.29, 1.82) is 0 Å². The van der Waals surface area contributed by atoms with E-state index in [0.29, 0.717) is 26.2 Å². The third-order valence-corrected chi connectivity index (χ3v) is 7.02. The van der Waals surface area contributed by atoms with E-state index in [2.05, 4.69) is 9.88 Å². The molecule has 0 atom stereocenters. The van der Waals surface area contributed by atoms with Crippen LogP contribution in [0.2, 0.25) is 0 Å². The first-order chi connectivity index (χ1) is 13.3. The van der Waals surface area contributed by atoms with Crippen molar-refractivity contribution in [3.63, 3.8) is 0 Å². The Kier molecular flexibility index (Phi) is 6.20. The molecule has 0 aliphatic carbocycles. The fourth-order valence-electron chi connectivity index (χ4n) is 3.49. The molecule has 8 heteroatoms. The van der Waals surface area contributed by atoms with Crippen molar-refractivity contribution in [1.82, 2.24) is 14.3 Å². The van der Waals surface area contributed by atoms with Crippen LogP contribution in [0.5, 0.6) is 5.75 Å². The zero-order valence-corrected chi connectivity index (χ0v) is 17.8. The fourth-order valence-corrected chi connectivity index (χ4v) is 4.58. The lowest BCUT2D eigenvalue weighted by Crippen LogP contribution is -2.49. The maximum Gasteiger partial charge on any atom is 0.213 e. The summed E-state index contributed by atoms with van der Waals surface area (Å²) in [5, 5.41) is 0. The third kappa shape index (κ3) is 4.44. The number of anilines is 1. The lowest BCUT2D eigenvalue weighted by molar-refractivity contribution is 0.384. The van der Waals surface area contributed by atoms with Gasteiger partial charge < -0.3 is 9.64 Å². The smallest absolute Gasteiger partial charge is 0.213 e. The van der Waals surface area contributed by atoms with Crippen LogP contribution in [0.25, 0.3) is 0 Å². The molecule has 0 unspecified atom stereocenters. The minimum Gasteiger partial charge on any atom is -0.497 e. The molecule has 1 aliphatic rings. The predicted octanol–water partition coefficient (Wildman–Crippen LogP) is 2.16. The largest absolute Gasteiger partial charge is 0.497 e. The number of hydrogen-bond donors (Lipinski definition) is 0. The summed E-state index contributed by atoms with van der Waals surface area (Å²) in [7, 11) is -1.49. The molecule has 2 aromatic rings. The number of aromatic nitrogens is 2. The molecule has 2 heterocycles. The molecule has 0 N–H and O–H groups in total. The molecule has 0 spiro atoms. The lowest BCUT2D eigenvalue weighted by atomic mass is 10.0. The number of hydrogen-bond acceptors (Lipinski definition) is 6. The van der Waals surface area contributed by atoms with Crippen molar-refractivity contribution >= 4 is 15.8 Å². The van der Waals surface area contributed by atoms with Gasteiger partial charge in [0.25, 0.3) is 0 Å². The first-order valence-corrected chi connectivity index (χ1v) is 11.1. The van der Waals surface area contributed by atoms with Crippen molar-refractivity contribution in [2.24, 2.45) is 0 Å². The topological polar surface area (TPSA) is 75.6 Å². The number of benzene rings is 1. The van der Waals surface area contributed by atoms with Gasteiger partial charge in [0.1, 0.15) is 17.4 Å². The van der Waals surface area contributed by atoms with Gasteiger partial charge in [-0.05, 0) is 38.5 Å². The Bertz CT molecular complexity index is 921. The summed E-state index contributed by atoms with van der Waals surface area (Å²) in [6, 6.07) is 8.00. The van der Waals surface area contributed by atoms with E-state index < -0.39 is 10.0 Å². The standard InChI is InChI=1S/C20H28N4O3S/c1-5-28(25,26)24-12-10-23(11-13-24)20-19(15(2)21-16(3)22-20)14-17-6-8-18(27-4)9-7-17/h6-9H,5,10-14H2,1-4H3. The second-order valence-electron chi connectivity index (χ2n) is 6.97. The molecule has 1 aromatic carbocycles. The van der Waals surface area contributed by atoms with Crippen LogP contribution in [0.1, 0.15) is 29.6 Å². The predicted molar refractivity (Wildman–Crippen MR) is 111 cm³/mol. The van der Waals surface area contributed by atoms with E-state index in [9.17, 15) is 8.42 Å². The summed E-state index contributed by atoms with van der Waals surface area (Å²) in [6.07, 6.45) is 0.721. The Morgan fingerprint density at radius 1 is 1.04 bits per heavy atom. The summed E-state index contributed by atoms with van der Waals surface area (Å²) in [5.74, 6) is 2.61. The molecular formula is C20H28N4O3S. The molecule has 7 nitrogen and oxygen atoms in total. The average Bonchev–Trinajstić information content (AvgIpc) is 2.70. The number of methoxy groups -OCH3 is 1. The number of aryl methyl sites for hydroxylation is 2. The Morgan fingerprint density at radius 2 is 1.68 bits per heavy atom. The van der Waals surface area contributed by atoms with Gasteiger partial charge in [0.15, 0.2) is 0 Å². The fraction of sp³-hybridized carbons (Fsp3) is 0.500. The highest BCUT2D eigenvalue weighted by molar-refractivity contribution is 7.89. The van der Waals surface area contributed by atoms with E-state index >= 15 is 0 Å². The Hall–Kier alpha value is -2.19. The van der Waals surface area contributed by atoms with Crippen LogP contribution in [0.3, 0.4) is 0 Å². The highest BCUT2D eigenvalue weighted by Crippen LogP contribution is 2.26. The monoisotopic (exact) mass is 404 g/mol. The van der Waals surface area contributed by atoms with E-state index in [-0.39, 0.29) is 5.75 Å². The molecule has 1 aromatic heterocycles. The Morgan fingerprint density at radius 3 is 2.25 bits per heavy atom. The third-order valence-electron chi connectivity index (χ3n) is 5.14. The molecule has 1 fully saturated rings. The van der Waals surface area contributed by atoms with Gasteiger partial charge in [-0.2, -0.15) is 4.31 Å². The summed E-state index contributed by atoms with van der Waals surface area (Å²) >= 11 is 0. The number of sulfonamides is 1. The quantitative estimate of drug-likeness (QED) is 0.734. The van der Waals surface area contributed by atoms with Crippen LogP contribution in [0.4, 0.5) is 5.82 Å². The maximum absolute atomic E-state index is 12.1. The molecule has 28 heavy (non-hydrogen) atoms. The van der Waals surface area contributed by atoms with Gasteiger partial charge in [-0.25, -0.2) is 18.4 Å². The van der Waals surface area contributed by atoms with E-state index in [1.54, 1.807) is 18.3 Å². The van der Waals surface area contributed by atoms with Crippen molar-refractivity contribution in [2.45, 2.75) is 27.2 Å². The molecule has 3 rings (SSSR count). The van der Waals surface area contributed by atoms with Crippen LogP contribution in [0, 0.1) is 13.8 Å². The second-order valence-corrected chi connectivity index (χ2v) is 9.23. The van der Waals surface area contributed by atoms with Crippen LogP contribution < -0.4 is 9.64 Å². The SMILES string of the molecule is CCS(=O)(=O)N1CCN(c2nc(C)nc(C)c2Cc2ccc(OC)cc2)CC1. The second kappa shape index (κ2) is 8.45. The Labute approximate surface area is 167 Å². The molecule has 152 valence electrons. The maximum atomic E-state index is 12.1. The van der Waals surface area contributed by atoms with E-state index in [4.69, 9.17) is 9.72 Å². The van der Waals surface area contributed by atoms with E-state index in [1.165, 1.54) is 0 Å². The zero-order chi connectivity index (χ0) is 20.3. The lowest BCUT2D eigenvalue weighted by Gasteiger charge is -2.35. The molecular weight excluding hydrogens is 376 g/mol. The van der Waals surface area contributed by atoms with Crippen molar-refractivity contribution in [3.05, 3.63) is 46.9 Å². The van der Waals surface area contributed by atoms with E-state index in [1.807, 2.05) is 38.1 Å². The number of ether oxygens (including phenoxy) is 1. The Balaban J connectivity index is 1.85. The van der Waals surface area contributed by atoms with Crippen LogP contribution in [-0.2, 0) is 16.4 Å². The summed E-state index contributed by atoms with van der Waals surface area (Å²) < 4.78 is 31.1. The molecule has 0 amide bonds. The van der Waals surface area contributed by atoms with E-state index in [0.717, 1.165) is 40.6 Å². The molecule has 1 saturated heterocycles. The van der Waals surface area contributed by atoms with Gasteiger partial charge in [0.05, 0.1) is 12.9 Å². The van der Waals surface area contributed by atoms with Crippen LogP contribution in [-0.4, -0.2) is 61.7 Å². The zero-order valence-electron chi connectivity index (χ0n) is 17.0. The molecule has 0 radical (unpaired) electrons. The van der Waals surface area contributed by atoms with Crippen LogP contribution >= 0.6 is 0 Å². The van der Waals surface area contributed by atoms with Gasteiger partial charge in [-0.15, -0.1) is 0 Å². The number of rotatable bonds is 6. The van der Waals surface area contributed by atoms with Gasteiger partial charge in [0.2, 0.25) is 10.0 Å². The summed E-state index contributed by atoms with van der Waals surface area (Å²) in [6.45, 7) is 7.82. The van der Waals surface area contributed by atoms with Gasteiger partial charge in [0, 0.05) is 43.9 Å². The normalized spacial score (nSPS) is 15.6. The first-order valence-electron chi connectivity index (χ1n) is 9.54. The summed E-state index contributed by atoms with van der Waals surface area (Å²) in [4.78, 5) is 11.5. The van der Waals surface area contributed by atoms with Crippen molar-refractivity contribution < 1.29 is 13.2 Å². The van der Waals surface area contributed by atoms with Crippen molar-refractivity contribution in [2.75, 3.05) is 43.9 Å². The number of piperazine rings is 1. The van der Waals surface area contributed by atoms with Gasteiger partial charge in [-0.3, -0.25) is 0 Å². The van der Waals surface area contributed by atoms with Crippen molar-refractivity contribution in [3.8, 4) is 5.75 Å². The average molecular weight is 405 g/mol. The minimum atomic E-state index is -3.15. The van der Waals surface area contributed by atoms with Crippen LogP contribution in [0.15, 0.2) is 24.3 Å². The highest BCUT2D eigenvalue weighted by atomic mass is 32.2.